The molecule has 0 aliphatic rings. The lowest BCUT2D eigenvalue weighted by Crippen LogP contribution is -2.24. The molecule has 0 bridgehead atoms. The van der Waals surface area contributed by atoms with E-state index in [1.807, 2.05) is 0 Å². The highest BCUT2D eigenvalue weighted by Crippen LogP contribution is 2.24. The zero-order chi connectivity index (χ0) is 15.4. The lowest BCUT2D eigenvalue weighted by atomic mass is 10.1. The number of anilines is 1. The Kier molecular flexibility index (Phi) is 4.89. The SMILES string of the molecule is Cc1cccc(C)c1NC(C)COc1c(C)cccc1C. The molecule has 0 aromatic heterocycles. The van der Waals surface area contributed by atoms with E-state index in [9.17, 15) is 0 Å². The number of hydrogen-bond acceptors (Lipinski definition) is 2. The van der Waals surface area contributed by atoms with Crippen molar-refractivity contribution in [3.63, 3.8) is 0 Å². The third-order valence-corrected chi connectivity index (χ3v) is 3.76. The van der Waals surface area contributed by atoms with E-state index in [0.717, 1.165) is 5.75 Å². The molecule has 1 atom stereocenters. The van der Waals surface area contributed by atoms with Crippen molar-refractivity contribution in [3.8, 4) is 5.75 Å². The highest BCUT2D eigenvalue weighted by atomic mass is 16.5. The molecular formula is C19H25NO. The molecule has 0 heterocycles. The largest absolute Gasteiger partial charge is 0.491 e. The maximum Gasteiger partial charge on any atom is 0.125 e. The molecule has 0 aliphatic carbocycles. The van der Waals surface area contributed by atoms with Gasteiger partial charge in [0.15, 0.2) is 0 Å². The second kappa shape index (κ2) is 6.66. The average Bonchev–Trinajstić information content (AvgIpc) is 2.42. The van der Waals surface area contributed by atoms with Crippen molar-refractivity contribution in [2.45, 2.75) is 40.7 Å². The zero-order valence-electron chi connectivity index (χ0n) is 13.7. The predicted molar refractivity (Wildman–Crippen MR) is 90.4 cm³/mol. The first-order valence-electron chi connectivity index (χ1n) is 7.51. The summed E-state index contributed by atoms with van der Waals surface area (Å²) in [4.78, 5) is 0. The van der Waals surface area contributed by atoms with Gasteiger partial charge >= 0.3 is 0 Å². The molecule has 112 valence electrons. The normalized spacial score (nSPS) is 12.0. The fraction of sp³-hybridized carbons (Fsp3) is 0.368. The topological polar surface area (TPSA) is 21.3 Å². The van der Waals surface area contributed by atoms with E-state index in [1.165, 1.54) is 27.9 Å². The van der Waals surface area contributed by atoms with Crippen LogP contribution in [0, 0.1) is 27.7 Å². The standard InChI is InChI=1S/C19H25NO/c1-13-8-6-9-14(2)18(13)20-17(5)12-21-19-15(3)10-7-11-16(19)4/h6-11,17,20H,12H2,1-5H3. The number of ether oxygens (including phenoxy) is 1. The van der Waals surface area contributed by atoms with Crippen LogP contribution in [0.25, 0.3) is 0 Å². The first-order chi connectivity index (χ1) is 9.99. The molecule has 1 unspecified atom stereocenters. The van der Waals surface area contributed by atoms with Crippen molar-refractivity contribution in [2.75, 3.05) is 11.9 Å². The van der Waals surface area contributed by atoms with Gasteiger partial charge in [0.1, 0.15) is 12.4 Å². The maximum atomic E-state index is 6.02. The Morgan fingerprint density at radius 3 is 1.86 bits per heavy atom. The van der Waals surface area contributed by atoms with E-state index in [0.29, 0.717) is 6.61 Å². The van der Waals surface area contributed by atoms with E-state index in [1.54, 1.807) is 0 Å². The minimum atomic E-state index is 0.254. The number of rotatable bonds is 5. The van der Waals surface area contributed by atoms with E-state index in [2.05, 4.69) is 76.3 Å². The molecule has 0 radical (unpaired) electrons. The van der Waals surface area contributed by atoms with Gasteiger partial charge in [-0.25, -0.2) is 0 Å². The van der Waals surface area contributed by atoms with E-state index >= 15 is 0 Å². The molecule has 0 aliphatic heterocycles. The van der Waals surface area contributed by atoms with Crippen LogP contribution in [-0.2, 0) is 0 Å². The quantitative estimate of drug-likeness (QED) is 0.851. The Balaban J connectivity index is 2.01. The van der Waals surface area contributed by atoms with Gasteiger partial charge in [-0.1, -0.05) is 36.4 Å². The lowest BCUT2D eigenvalue weighted by Gasteiger charge is -2.20. The summed E-state index contributed by atoms with van der Waals surface area (Å²) in [6.07, 6.45) is 0. The van der Waals surface area contributed by atoms with Gasteiger partial charge in [0.2, 0.25) is 0 Å². The van der Waals surface area contributed by atoms with Gasteiger partial charge in [-0.15, -0.1) is 0 Å². The average molecular weight is 283 g/mol. The molecule has 0 spiro atoms. The van der Waals surface area contributed by atoms with Crippen LogP contribution in [-0.4, -0.2) is 12.6 Å². The molecular weight excluding hydrogens is 258 g/mol. The molecule has 2 rings (SSSR count). The first-order valence-corrected chi connectivity index (χ1v) is 7.51. The van der Waals surface area contributed by atoms with Gasteiger partial charge < -0.3 is 10.1 Å². The second-order valence-electron chi connectivity index (χ2n) is 5.84. The Morgan fingerprint density at radius 2 is 1.33 bits per heavy atom. The van der Waals surface area contributed by atoms with Crippen LogP contribution in [0.2, 0.25) is 0 Å². The third kappa shape index (κ3) is 3.78. The minimum Gasteiger partial charge on any atom is -0.491 e. The molecule has 0 amide bonds. The molecule has 0 saturated carbocycles. The van der Waals surface area contributed by atoms with Gasteiger partial charge in [0, 0.05) is 5.69 Å². The van der Waals surface area contributed by atoms with Gasteiger partial charge in [0.25, 0.3) is 0 Å². The van der Waals surface area contributed by atoms with Crippen molar-refractivity contribution >= 4 is 5.69 Å². The summed E-state index contributed by atoms with van der Waals surface area (Å²) in [7, 11) is 0. The number of aryl methyl sites for hydroxylation is 4. The van der Waals surface area contributed by atoms with Crippen LogP contribution >= 0.6 is 0 Å². The Labute approximate surface area is 128 Å². The third-order valence-electron chi connectivity index (χ3n) is 3.76. The van der Waals surface area contributed by atoms with Crippen LogP contribution in [0.3, 0.4) is 0 Å². The molecule has 2 aromatic rings. The maximum absolute atomic E-state index is 6.02. The minimum absolute atomic E-state index is 0.254. The van der Waals surface area contributed by atoms with Crippen LogP contribution in [0.5, 0.6) is 5.75 Å². The van der Waals surface area contributed by atoms with E-state index in [-0.39, 0.29) is 6.04 Å². The van der Waals surface area contributed by atoms with Crippen molar-refractivity contribution in [1.82, 2.24) is 0 Å². The number of nitrogens with one attached hydrogen (secondary N) is 1. The Hall–Kier alpha value is -1.96. The number of para-hydroxylation sites is 2. The molecule has 21 heavy (non-hydrogen) atoms. The lowest BCUT2D eigenvalue weighted by molar-refractivity contribution is 0.300. The summed E-state index contributed by atoms with van der Waals surface area (Å²) < 4.78 is 6.02. The number of benzene rings is 2. The fourth-order valence-corrected chi connectivity index (χ4v) is 2.57. The Morgan fingerprint density at radius 1 is 0.857 bits per heavy atom. The smallest absolute Gasteiger partial charge is 0.125 e. The van der Waals surface area contributed by atoms with Crippen molar-refractivity contribution in [1.29, 1.82) is 0 Å². The molecule has 2 nitrogen and oxygen atoms in total. The van der Waals surface area contributed by atoms with Crippen molar-refractivity contribution in [2.24, 2.45) is 0 Å². The first kappa shape index (κ1) is 15.4. The fourth-order valence-electron chi connectivity index (χ4n) is 2.57. The summed E-state index contributed by atoms with van der Waals surface area (Å²) in [6, 6.07) is 12.9. The van der Waals surface area contributed by atoms with Gasteiger partial charge in [-0.05, 0) is 56.9 Å². The van der Waals surface area contributed by atoms with Gasteiger partial charge in [0.05, 0.1) is 6.04 Å². The molecule has 2 aromatic carbocycles. The monoisotopic (exact) mass is 283 g/mol. The van der Waals surface area contributed by atoms with Crippen LogP contribution in [0.1, 0.15) is 29.2 Å². The van der Waals surface area contributed by atoms with Crippen LogP contribution in [0.4, 0.5) is 5.69 Å². The van der Waals surface area contributed by atoms with Crippen molar-refractivity contribution in [3.05, 3.63) is 58.7 Å². The van der Waals surface area contributed by atoms with Gasteiger partial charge in [-0.3, -0.25) is 0 Å². The molecule has 2 heteroatoms. The summed E-state index contributed by atoms with van der Waals surface area (Å²) in [5, 5.41) is 3.56. The van der Waals surface area contributed by atoms with E-state index < -0.39 is 0 Å². The Bertz CT molecular complexity index is 578. The molecule has 0 saturated heterocycles. The van der Waals surface area contributed by atoms with Crippen LogP contribution < -0.4 is 10.1 Å². The zero-order valence-corrected chi connectivity index (χ0v) is 13.7. The van der Waals surface area contributed by atoms with Gasteiger partial charge in [-0.2, -0.15) is 0 Å². The number of hydrogen-bond donors (Lipinski definition) is 1. The van der Waals surface area contributed by atoms with Crippen molar-refractivity contribution < 1.29 is 4.74 Å². The summed E-state index contributed by atoms with van der Waals surface area (Å²) >= 11 is 0. The molecule has 0 fully saturated rings. The van der Waals surface area contributed by atoms with Crippen LogP contribution in [0.15, 0.2) is 36.4 Å². The predicted octanol–water partition coefficient (Wildman–Crippen LogP) is 4.80. The molecule has 1 N–H and O–H groups in total. The highest BCUT2D eigenvalue weighted by molar-refractivity contribution is 5.57. The summed E-state index contributed by atoms with van der Waals surface area (Å²) in [5.74, 6) is 1.01. The summed E-state index contributed by atoms with van der Waals surface area (Å²) in [5.41, 5.74) is 6.14. The van der Waals surface area contributed by atoms with E-state index in [4.69, 9.17) is 4.74 Å². The summed E-state index contributed by atoms with van der Waals surface area (Å²) in [6.45, 7) is 11.2. The second-order valence-corrected chi connectivity index (χ2v) is 5.84. The highest BCUT2D eigenvalue weighted by Gasteiger charge is 2.09.